The first-order valence-corrected chi connectivity index (χ1v) is 6.48. The second-order valence-electron chi connectivity index (χ2n) is 4.79. The molecule has 3 rings (SSSR count). The molecule has 5 heteroatoms. The van der Waals surface area contributed by atoms with Crippen LogP contribution in [0.15, 0.2) is 41.3 Å². The van der Waals surface area contributed by atoms with Crippen molar-refractivity contribution in [2.75, 3.05) is 11.4 Å². The van der Waals surface area contributed by atoms with Gasteiger partial charge in [-0.15, -0.1) is 0 Å². The summed E-state index contributed by atoms with van der Waals surface area (Å²) < 4.78 is 0. The zero-order valence-corrected chi connectivity index (χ0v) is 10.8. The van der Waals surface area contributed by atoms with E-state index in [-0.39, 0.29) is 17.2 Å². The second-order valence-corrected chi connectivity index (χ2v) is 4.79. The van der Waals surface area contributed by atoms with Gasteiger partial charge in [0.05, 0.1) is 11.3 Å². The number of anilines is 1. The molecule has 1 amide bonds. The van der Waals surface area contributed by atoms with Crippen molar-refractivity contribution in [1.29, 1.82) is 0 Å². The lowest BCUT2D eigenvalue weighted by molar-refractivity contribution is 0.0984. The molecule has 1 aromatic heterocycles. The van der Waals surface area contributed by atoms with E-state index in [0.29, 0.717) is 17.8 Å². The van der Waals surface area contributed by atoms with E-state index in [9.17, 15) is 14.7 Å². The molecular formula is C15H14N2O3. The average molecular weight is 270 g/mol. The Bertz CT molecular complexity index is 701. The molecule has 5 nitrogen and oxygen atoms in total. The number of nitrogens with zero attached hydrogens (tertiary/aromatic N) is 1. The highest BCUT2D eigenvalue weighted by molar-refractivity contribution is 6.07. The highest BCUT2D eigenvalue weighted by Gasteiger charge is 2.26. The molecular weight excluding hydrogens is 256 g/mol. The van der Waals surface area contributed by atoms with Gasteiger partial charge in [-0.25, -0.2) is 0 Å². The minimum atomic E-state index is -0.247. The standard InChI is InChI=1S/C15H14N2O3/c18-12-5-1-3-10-4-2-8-17(14(10)12)15(20)11-6-7-13(19)16-9-11/h1,3,5-7,9,18H,2,4,8H2,(H,16,19). The molecule has 1 aliphatic rings. The van der Waals surface area contributed by atoms with Crippen molar-refractivity contribution in [3.63, 3.8) is 0 Å². The summed E-state index contributed by atoms with van der Waals surface area (Å²) in [6, 6.07) is 8.10. The average Bonchev–Trinajstić information content (AvgIpc) is 2.47. The van der Waals surface area contributed by atoms with E-state index < -0.39 is 0 Å². The summed E-state index contributed by atoms with van der Waals surface area (Å²) in [6.07, 6.45) is 3.10. The fraction of sp³-hybridized carbons (Fsp3) is 0.200. The van der Waals surface area contributed by atoms with Gasteiger partial charge in [0.15, 0.2) is 0 Å². The first-order valence-electron chi connectivity index (χ1n) is 6.48. The van der Waals surface area contributed by atoms with Crippen LogP contribution in [0.1, 0.15) is 22.3 Å². The Morgan fingerprint density at radius 2 is 2.10 bits per heavy atom. The number of pyridine rings is 1. The minimum Gasteiger partial charge on any atom is -0.506 e. The number of phenols is 1. The number of aryl methyl sites for hydroxylation is 1. The van der Waals surface area contributed by atoms with Gasteiger partial charge < -0.3 is 15.0 Å². The number of hydrogen-bond donors (Lipinski definition) is 2. The Morgan fingerprint density at radius 1 is 1.25 bits per heavy atom. The normalized spacial score (nSPS) is 13.9. The molecule has 1 aliphatic heterocycles. The Morgan fingerprint density at radius 3 is 2.85 bits per heavy atom. The summed E-state index contributed by atoms with van der Waals surface area (Å²) >= 11 is 0. The van der Waals surface area contributed by atoms with Gasteiger partial charge in [0.2, 0.25) is 5.56 Å². The Balaban J connectivity index is 2.02. The fourth-order valence-electron chi connectivity index (χ4n) is 2.53. The summed E-state index contributed by atoms with van der Waals surface area (Å²) in [5.41, 5.74) is 1.70. The SMILES string of the molecule is O=C(c1ccc(=O)[nH]c1)N1CCCc2cccc(O)c21. The number of aromatic amines is 1. The number of amides is 1. The molecule has 1 aromatic carbocycles. The van der Waals surface area contributed by atoms with Gasteiger partial charge in [-0.2, -0.15) is 0 Å². The van der Waals surface area contributed by atoms with Crippen LogP contribution in [0, 0.1) is 0 Å². The van der Waals surface area contributed by atoms with Crippen LogP contribution in [-0.2, 0) is 6.42 Å². The number of carbonyl (C=O) groups is 1. The number of aromatic hydroxyl groups is 1. The van der Waals surface area contributed by atoms with E-state index in [1.54, 1.807) is 17.0 Å². The molecule has 0 spiro atoms. The maximum absolute atomic E-state index is 12.5. The van der Waals surface area contributed by atoms with Crippen LogP contribution >= 0.6 is 0 Å². The van der Waals surface area contributed by atoms with Crippen LogP contribution in [0.3, 0.4) is 0 Å². The molecule has 0 atom stereocenters. The third-order valence-electron chi connectivity index (χ3n) is 3.47. The molecule has 102 valence electrons. The van der Waals surface area contributed by atoms with Crippen LogP contribution in [0.5, 0.6) is 5.75 Å². The van der Waals surface area contributed by atoms with Crippen molar-refractivity contribution < 1.29 is 9.90 Å². The van der Waals surface area contributed by atoms with Crippen LogP contribution in [-0.4, -0.2) is 22.5 Å². The Hall–Kier alpha value is -2.56. The van der Waals surface area contributed by atoms with Crippen molar-refractivity contribution in [2.45, 2.75) is 12.8 Å². The van der Waals surface area contributed by atoms with Crippen molar-refractivity contribution >= 4 is 11.6 Å². The minimum absolute atomic E-state index is 0.111. The highest BCUT2D eigenvalue weighted by Crippen LogP contribution is 2.35. The van der Waals surface area contributed by atoms with E-state index >= 15 is 0 Å². The quantitative estimate of drug-likeness (QED) is 0.828. The van der Waals surface area contributed by atoms with Gasteiger partial charge in [-0.1, -0.05) is 12.1 Å². The third kappa shape index (κ3) is 2.07. The van der Waals surface area contributed by atoms with Crippen LogP contribution in [0.4, 0.5) is 5.69 Å². The Labute approximate surface area is 115 Å². The fourth-order valence-corrected chi connectivity index (χ4v) is 2.53. The van der Waals surface area contributed by atoms with Crippen molar-refractivity contribution in [2.24, 2.45) is 0 Å². The molecule has 2 N–H and O–H groups in total. The summed E-state index contributed by atoms with van der Waals surface area (Å²) in [7, 11) is 0. The topological polar surface area (TPSA) is 73.4 Å². The zero-order chi connectivity index (χ0) is 14.1. The van der Waals surface area contributed by atoms with Crippen LogP contribution in [0.2, 0.25) is 0 Å². The summed E-state index contributed by atoms with van der Waals surface area (Å²) in [6.45, 7) is 0.558. The number of para-hydroxylation sites is 1. The van der Waals surface area contributed by atoms with E-state index in [1.165, 1.54) is 18.3 Å². The molecule has 0 saturated carbocycles. The largest absolute Gasteiger partial charge is 0.506 e. The number of benzene rings is 1. The van der Waals surface area contributed by atoms with Gasteiger partial charge in [-0.05, 0) is 30.5 Å². The summed E-state index contributed by atoms with van der Waals surface area (Å²) in [5, 5.41) is 10.0. The molecule has 0 fully saturated rings. The van der Waals surface area contributed by atoms with E-state index in [4.69, 9.17) is 0 Å². The number of H-pyrrole nitrogens is 1. The molecule has 0 radical (unpaired) electrons. The van der Waals surface area contributed by atoms with Crippen LogP contribution in [0.25, 0.3) is 0 Å². The lowest BCUT2D eigenvalue weighted by atomic mass is 10.0. The van der Waals surface area contributed by atoms with E-state index in [0.717, 1.165) is 18.4 Å². The molecule has 0 unspecified atom stereocenters. The van der Waals surface area contributed by atoms with E-state index in [2.05, 4.69) is 4.98 Å². The predicted octanol–water partition coefficient (Wildman–Crippen LogP) is 1.67. The number of rotatable bonds is 1. The monoisotopic (exact) mass is 270 g/mol. The number of phenolic OH excluding ortho intramolecular Hbond substituents is 1. The third-order valence-corrected chi connectivity index (χ3v) is 3.47. The number of aromatic nitrogens is 1. The lowest BCUT2D eigenvalue weighted by Crippen LogP contribution is -2.35. The number of nitrogens with one attached hydrogen (secondary N) is 1. The maximum atomic E-state index is 12.5. The first-order chi connectivity index (χ1) is 9.66. The number of carbonyl (C=O) groups excluding carboxylic acids is 1. The number of fused-ring (bicyclic) bond motifs is 1. The second kappa shape index (κ2) is 4.85. The summed E-state index contributed by atoms with van der Waals surface area (Å²) in [4.78, 5) is 27.6. The smallest absolute Gasteiger partial charge is 0.259 e. The zero-order valence-electron chi connectivity index (χ0n) is 10.8. The van der Waals surface area contributed by atoms with E-state index in [1.807, 2.05) is 6.07 Å². The van der Waals surface area contributed by atoms with Gasteiger partial charge in [0, 0.05) is 18.8 Å². The van der Waals surface area contributed by atoms with Crippen molar-refractivity contribution in [3.8, 4) is 5.75 Å². The summed E-state index contributed by atoms with van der Waals surface area (Å²) in [5.74, 6) is -0.108. The Kier molecular flexibility index (Phi) is 3.02. The predicted molar refractivity (Wildman–Crippen MR) is 75.2 cm³/mol. The molecule has 2 heterocycles. The first kappa shape index (κ1) is 12.5. The van der Waals surface area contributed by atoms with Crippen LogP contribution < -0.4 is 10.5 Å². The maximum Gasteiger partial charge on any atom is 0.259 e. The van der Waals surface area contributed by atoms with Gasteiger partial charge in [-0.3, -0.25) is 9.59 Å². The molecule has 0 bridgehead atoms. The molecule has 2 aromatic rings. The van der Waals surface area contributed by atoms with Gasteiger partial charge >= 0.3 is 0 Å². The van der Waals surface area contributed by atoms with Crippen molar-refractivity contribution in [1.82, 2.24) is 4.98 Å². The molecule has 0 aliphatic carbocycles. The number of hydrogen-bond acceptors (Lipinski definition) is 3. The molecule has 0 saturated heterocycles. The highest BCUT2D eigenvalue weighted by atomic mass is 16.3. The van der Waals surface area contributed by atoms with Gasteiger partial charge in [0.1, 0.15) is 5.75 Å². The van der Waals surface area contributed by atoms with Gasteiger partial charge in [0.25, 0.3) is 5.91 Å². The lowest BCUT2D eigenvalue weighted by Gasteiger charge is -2.30. The van der Waals surface area contributed by atoms with Crippen molar-refractivity contribution in [3.05, 3.63) is 58.0 Å². The molecule has 20 heavy (non-hydrogen) atoms.